The van der Waals surface area contributed by atoms with Crippen molar-refractivity contribution in [2.24, 2.45) is 0 Å². The summed E-state index contributed by atoms with van der Waals surface area (Å²) in [6.45, 7) is 2.05. The molecule has 1 aromatic rings. The van der Waals surface area contributed by atoms with Crippen molar-refractivity contribution in [3.05, 3.63) is 5.56 Å². The number of nitrogen functional groups attached to an aromatic ring is 1. The van der Waals surface area contributed by atoms with Crippen LogP contribution in [0.15, 0.2) is 0 Å². The fourth-order valence-corrected chi connectivity index (χ4v) is 3.98. The molecule has 1 saturated carbocycles. The van der Waals surface area contributed by atoms with Gasteiger partial charge in [-0.05, 0) is 43.1 Å². The Morgan fingerprint density at radius 2 is 1.88 bits per heavy atom. The summed E-state index contributed by atoms with van der Waals surface area (Å²) in [5.41, 5.74) is 7.35. The number of hydrogen-bond donors (Lipinski definition) is 1. The number of morpholine rings is 1. The minimum absolute atomic E-state index is 0.434. The number of ether oxygens (including phenoxy) is 1. The van der Waals surface area contributed by atoms with Crippen molar-refractivity contribution in [1.82, 2.24) is 4.37 Å². The molecule has 1 aromatic heterocycles. The number of rotatable bonds is 2. The maximum Gasteiger partial charge on any atom is 0.142 e. The molecule has 2 unspecified atom stereocenters. The van der Waals surface area contributed by atoms with Gasteiger partial charge >= 0.3 is 0 Å². The summed E-state index contributed by atoms with van der Waals surface area (Å²) >= 11 is 1.58. The third kappa shape index (κ3) is 1.64. The zero-order valence-electron chi connectivity index (χ0n) is 9.76. The van der Waals surface area contributed by atoms with E-state index in [1.54, 1.807) is 11.5 Å². The van der Waals surface area contributed by atoms with E-state index in [0.717, 1.165) is 18.9 Å². The lowest BCUT2D eigenvalue weighted by Crippen LogP contribution is -2.42. The number of aromatic nitrogens is 1. The van der Waals surface area contributed by atoms with E-state index in [4.69, 9.17) is 10.5 Å². The summed E-state index contributed by atoms with van der Waals surface area (Å²) in [5.74, 6) is 1.45. The van der Waals surface area contributed by atoms with Crippen molar-refractivity contribution in [2.75, 3.05) is 23.7 Å². The molecule has 2 aliphatic heterocycles. The average molecular weight is 251 g/mol. The van der Waals surface area contributed by atoms with Crippen molar-refractivity contribution >= 4 is 22.4 Å². The maximum atomic E-state index is 6.02. The number of nitrogens with two attached hydrogens (primary N) is 1. The smallest absolute Gasteiger partial charge is 0.142 e. The van der Waals surface area contributed by atoms with Crippen molar-refractivity contribution in [3.63, 3.8) is 0 Å². The van der Waals surface area contributed by atoms with E-state index in [2.05, 4.69) is 9.27 Å². The Kier molecular flexibility index (Phi) is 2.14. The molecule has 4 rings (SSSR count). The van der Waals surface area contributed by atoms with Gasteiger partial charge in [-0.3, -0.25) is 0 Å². The van der Waals surface area contributed by atoms with Crippen LogP contribution >= 0.6 is 11.5 Å². The Bertz CT molecular complexity index is 431. The molecule has 3 fully saturated rings. The normalized spacial score (nSPS) is 32.1. The van der Waals surface area contributed by atoms with Crippen LogP contribution in [0, 0.1) is 0 Å². The van der Waals surface area contributed by atoms with Crippen molar-refractivity contribution < 1.29 is 4.74 Å². The van der Waals surface area contributed by atoms with Crippen LogP contribution in [0.2, 0.25) is 0 Å². The van der Waals surface area contributed by atoms with Gasteiger partial charge in [0.25, 0.3) is 0 Å². The monoisotopic (exact) mass is 251 g/mol. The van der Waals surface area contributed by atoms with E-state index in [-0.39, 0.29) is 0 Å². The minimum Gasteiger partial charge on any atom is -0.383 e. The first-order valence-electron chi connectivity index (χ1n) is 6.46. The lowest BCUT2D eigenvalue weighted by molar-refractivity contribution is 0.0307. The van der Waals surface area contributed by atoms with Gasteiger partial charge in [0.2, 0.25) is 0 Å². The highest BCUT2D eigenvalue weighted by Gasteiger charge is 2.38. The second-order valence-electron chi connectivity index (χ2n) is 5.42. The summed E-state index contributed by atoms with van der Waals surface area (Å²) in [5, 5.41) is 1.32. The highest BCUT2D eigenvalue weighted by atomic mass is 32.1. The van der Waals surface area contributed by atoms with Crippen LogP contribution < -0.4 is 10.6 Å². The molecule has 0 aromatic carbocycles. The van der Waals surface area contributed by atoms with Crippen LogP contribution in [0.5, 0.6) is 0 Å². The number of hydrogen-bond acceptors (Lipinski definition) is 5. The van der Waals surface area contributed by atoms with Gasteiger partial charge in [0.1, 0.15) is 10.8 Å². The van der Waals surface area contributed by atoms with Gasteiger partial charge < -0.3 is 15.4 Å². The molecule has 3 aliphatic rings. The molecular weight excluding hydrogens is 234 g/mol. The fraction of sp³-hybridized carbons (Fsp3) is 0.750. The van der Waals surface area contributed by atoms with Crippen LogP contribution in [-0.4, -0.2) is 29.7 Å². The SMILES string of the molecule is Nc1nsc(N2CC3CCC(C2)O3)c1C1CC1. The Labute approximate surface area is 105 Å². The summed E-state index contributed by atoms with van der Waals surface area (Å²) < 4.78 is 10.2. The van der Waals surface area contributed by atoms with E-state index in [0.29, 0.717) is 18.1 Å². The summed E-state index contributed by atoms with van der Waals surface area (Å²) in [4.78, 5) is 2.47. The highest BCUT2D eigenvalue weighted by molar-refractivity contribution is 7.10. The molecule has 4 nitrogen and oxygen atoms in total. The molecule has 2 saturated heterocycles. The van der Waals surface area contributed by atoms with Crippen LogP contribution in [0.4, 0.5) is 10.8 Å². The first-order chi connectivity index (χ1) is 8.31. The molecule has 92 valence electrons. The Hall–Kier alpha value is -0.810. The van der Waals surface area contributed by atoms with E-state index >= 15 is 0 Å². The van der Waals surface area contributed by atoms with Crippen molar-refractivity contribution in [2.45, 2.75) is 43.8 Å². The Morgan fingerprint density at radius 3 is 2.53 bits per heavy atom. The van der Waals surface area contributed by atoms with Crippen LogP contribution in [0.25, 0.3) is 0 Å². The molecule has 0 amide bonds. The zero-order chi connectivity index (χ0) is 11.4. The molecule has 17 heavy (non-hydrogen) atoms. The standard InChI is InChI=1S/C12H17N3OS/c13-11-10(7-1-2-7)12(17-14-11)15-5-8-3-4-9(6-15)16-8/h7-9H,1-6H2,(H2,13,14). The molecule has 2 atom stereocenters. The molecule has 1 aliphatic carbocycles. The van der Waals surface area contributed by atoms with Crippen molar-refractivity contribution in [1.29, 1.82) is 0 Å². The van der Waals surface area contributed by atoms with Crippen LogP contribution in [0.3, 0.4) is 0 Å². The largest absolute Gasteiger partial charge is 0.383 e. The van der Waals surface area contributed by atoms with Crippen LogP contribution in [-0.2, 0) is 4.74 Å². The molecule has 3 heterocycles. The van der Waals surface area contributed by atoms with E-state index < -0.39 is 0 Å². The zero-order valence-corrected chi connectivity index (χ0v) is 10.6. The van der Waals surface area contributed by atoms with Gasteiger partial charge in [0.05, 0.1) is 12.2 Å². The lowest BCUT2D eigenvalue weighted by atomic mass is 10.2. The Balaban J connectivity index is 1.65. The second kappa shape index (κ2) is 3.59. The highest BCUT2D eigenvalue weighted by Crippen LogP contribution is 2.49. The molecule has 5 heteroatoms. The predicted octanol–water partition coefficient (Wildman–Crippen LogP) is 1.97. The van der Waals surface area contributed by atoms with Crippen LogP contribution in [0.1, 0.15) is 37.2 Å². The predicted molar refractivity (Wildman–Crippen MR) is 68.6 cm³/mol. The summed E-state index contributed by atoms with van der Waals surface area (Å²) in [6, 6.07) is 0. The minimum atomic E-state index is 0.434. The first kappa shape index (κ1) is 10.1. The quantitative estimate of drug-likeness (QED) is 0.873. The second-order valence-corrected chi connectivity index (χ2v) is 6.18. The third-order valence-electron chi connectivity index (χ3n) is 4.05. The van der Waals surface area contributed by atoms with Gasteiger partial charge in [0, 0.05) is 18.7 Å². The molecular formula is C12H17N3OS. The molecule has 0 radical (unpaired) electrons. The Morgan fingerprint density at radius 1 is 1.18 bits per heavy atom. The summed E-state index contributed by atoms with van der Waals surface area (Å²) in [6.07, 6.45) is 5.87. The van der Waals surface area contributed by atoms with Gasteiger partial charge in [-0.25, -0.2) is 0 Å². The summed E-state index contributed by atoms with van der Waals surface area (Å²) in [7, 11) is 0. The van der Waals surface area contributed by atoms with Gasteiger partial charge in [-0.15, -0.1) is 0 Å². The van der Waals surface area contributed by atoms with Gasteiger partial charge in [0.15, 0.2) is 0 Å². The van der Waals surface area contributed by atoms with Crippen molar-refractivity contribution in [3.8, 4) is 0 Å². The number of nitrogens with zero attached hydrogens (tertiary/aromatic N) is 2. The molecule has 2 N–H and O–H groups in total. The molecule has 0 spiro atoms. The average Bonchev–Trinajstić information content (AvgIpc) is 3.01. The first-order valence-corrected chi connectivity index (χ1v) is 7.24. The van der Waals surface area contributed by atoms with E-state index in [1.807, 2.05) is 0 Å². The maximum absolute atomic E-state index is 6.02. The fourth-order valence-electron chi connectivity index (χ4n) is 3.06. The topological polar surface area (TPSA) is 51.4 Å². The van der Waals surface area contributed by atoms with E-state index in [9.17, 15) is 0 Å². The van der Waals surface area contributed by atoms with E-state index in [1.165, 1.54) is 36.2 Å². The number of fused-ring (bicyclic) bond motifs is 2. The van der Waals surface area contributed by atoms with Gasteiger partial charge in [-0.1, -0.05) is 0 Å². The lowest BCUT2D eigenvalue weighted by Gasteiger charge is -2.33. The molecule has 2 bridgehead atoms. The third-order valence-corrected chi connectivity index (χ3v) is 4.99. The van der Waals surface area contributed by atoms with Gasteiger partial charge in [-0.2, -0.15) is 4.37 Å². The number of anilines is 2.